The highest BCUT2D eigenvalue weighted by Gasteiger charge is 2.36. The number of aromatic amines is 1. The average Bonchev–Trinajstić information content (AvgIpc) is 2.76. The lowest BCUT2D eigenvalue weighted by Crippen LogP contribution is -2.55. The summed E-state index contributed by atoms with van der Waals surface area (Å²) in [5.74, 6) is -1.85. The van der Waals surface area contributed by atoms with Gasteiger partial charge in [-0.25, -0.2) is 4.79 Å². The van der Waals surface area contributed by atoms with Gasteiger partial charge in [0.05, 0.1) is 11.6 Å². The number of aliphatic carboxylic acids is 1. The summed E-state index contributed by atoms with van der Waals surface area (Å²) in [5.41, 5.74) is -0.866. The van der Waals surface area contributed by atoms with Crippen LogP contribution in [0.5, 0.6) is 0 Å². The largest absolute Gasteiger partial charge is 0.479 e. The van der Waals surface area contributed by atoms with Crippen molar-refractivity contribution >= 4 is 46.0 Å². The maximum atomic E-state index is 12.3. The number of amides is 1. The topological polar surface area (TPSA) is 91.4 Å². The minimum atomic E-state index is -1.57. The van der Waals surface area contributed by atoms with E-state index in [1.165, 1.54) is 14.0 Å². The Morgan fingerprint density at radius 3 is 2.68 bits per heavy atom. The van der Waals surface area contributed by atoms with Crippen LogP contribution in [0.4, 0.5) is 0 Å². The number of carboxylic acids is 1. The predicted octanol–water partition coefficient (Wildman–Crippen LogP) is 2.69. The molecule has 0 aliphatic carbocycles. The number of hydrogen-bond acceptors (Lipinski definition) is 3. The summed E-state index contributed by atoms with van der Waals surface area (Å²) in [6, 6.07) is 4.97. The summed E-state index contributed by atoms with van der Waals surface area (Å²) < 4.78 is 4.85. The predicted molar refractivity (Wildman–Crippen MR) is 83.7 cm³/mol. The first-order valence-electron chi connectivity index (χ1n) is 6.30. The van der Waals surface area contributed by atoms with Crippen LogP contribution >= 0.6 is 23.2 Å². The molecule has 0 saturated heterocycles. The van der Waals surface area contributed by atoms with Crippen molar-refractivity contribution in [3.63, 3.8) is 0 Å². The van der Waals surface area contributed by atoms with Gasteiger partial charge in [0.2, 0.25) is 0 Å². The number of aromatic nitrogens is 1. The van der Waals surface area contributed by atoms with Gasteiger partial charge in [0, 0.05) is 23.0 Å². The monoisotopic (exact) mass is 344 g/mol. The summed E-state index contributed by atoms with van der Waals surface area (Å²) in [6.07, 6.45) is 0. The lowest BCUT2D eigenvalue weighted by atomic mass is 10.0. The molecule has 22 heavy (non-hydrogen) atoms. The average molecular weight is 345 g/mol. The quantitative estimate of drug-likeness (QED) is 0.777. The molecule has 2 rings (SSSR count). The molecular formula is C14H14Cl2N2O4. The van der Waals surface area contributed by atoms with Gasteiger partial charge in [-0.1, -0.05) is 23.2 Å². The third-order valence-corrected chi connectivity index (χ3v) is 3.85. The zero-order valence-electron chi connectivity index (χ0n) is 11.9. The van der Waals surface area contributed by atoms with Crippen LogP contribution < -0.4 is 5.32 Å². The molecule has 0 spiro atoms. The lowest BCUT2D eigenvalue weighted by molar-refractivity contribution is -0.145. The molecule has 1 atom stereocenters. The van der Waals surface area contributed by atoms with Crippen molar-refractivity contribution in [1.82, 2.24) is 10.3 Å². The second-order valence-corrected chi connectivity index (χ2v) is 5.84. The van der Waals surface area contributed by atoms with E-state index in [1.807, 2.05) is 0 Å². The Balaban J connectivity index is 2.37. The molecule has 0 aliphatic heterocycles. The second-order valence-electron chi connectivity index (χ2n) is 5.03. The van der Waals surface area contributed by atoms with Crippen LogP contribution in [-0.2, 0) is 9.53 Å². The van der Waals surface area contributed by atoms with Gasteiger partial charge in [-0.3, -0.25) is 4.79 Å². The molecule has 0 radical (unpaired) electrons. The third kappa shape index (κ3) is 3.04. The molecule has 1 heterocycles. The standard InChI is InChI=1S/C14H14Cl2N2O4/c1-14(6-22-2,13(20)21)18-12(19)11-10(16)8-5-7(15)3-4-9(8)17-11/h3-5,17H,6H2,1-2H3,(H,18,19)(H,20,21). The van der Waals surface area contributed by atoms with Crippen LogP contribution in [0.25, 0.3) is 10.9 Å². The molecule has 1 aromatic carbocycles. The second kappa shape index (κ2) is 6.16. The van der Waals surface area contributed by atoms with Crippen molar-refractivity contribution in [2.75, 3.05) is 13.7 Å². The first-order valence-corrected chi connectivity index (χ1v) is 7.05. The molecule has 1 unspecified atom stereocenters. The van der Waals surface area contributed by atoms with E-state index in [1.54, 1.807) is 18.2 Å². The van der Waals surface area contributed by atoms with Crippen LogP contribution in [-0.4, -0.2) is 41.2 Å². The van der Waals surface area contributed by atoms with Gasteiger partial charge in [-0.2, -0.15) is 0 Å². The van der Waals surface area contributed by atoms with Crippen molar-refractivity contribution in [2.45, 2.75) is 12.5 Å². The number of rotatable bonds is 5. The molecule has 0 aliphatic rings. The summed E-state index contributed by atoms with van der Waals surface area (Å²) in [5, 5.41) is 12.9. The minimum Gasteiger partial charge on any atom is -0.479 e. The van der Waals surface area contributed by atoms with Crippen LogP contribution in [0.1, 0.15) is 17.4 Å². The van der Waals surface area contributed by atoms with Gasteiger partial charge >= 0.3 is 5.97 Å². The zero-order chi connectivity index (χ0) is 16.5. The summed E-state index contributed by atoms with van der Waals surface area (Å²) in [6.45, 7) is 1.17. The number of hydrogen-bond donors (Lipinski definition) is 3. The first-order chi connectivity index (χ1) is 10.3. The fourth-order valence-electron chi connectivity index (χ4n) is 2.04. The van der Waals surface area contributed by atoms with Gasteiger partial charge in [-0.05, 0) is 25.1 Å². The molecule has 3 N–H and O–H groups in total. The van der Waals surface area contributed by atoms with E-state index in [0.717, 1.165) is 0 Å². The molecule has 0 bridgehead atoms. The molecule has 1 amide bonds. The lowest BCUT2D eigenvalue weighted by Gasteiger charge is -2.25. The Hall–Kier alpha value is -1.76. The molecule has 6 nitrogen and oxygen atoms in total. The van der Waals surface area contributed by atoms with E-state index in [-0.39, 0.29) is 17.3 Å². The van der Waals surface area contributed by atoms with Crippen LogP contribution in [0.3, 0.4) is 0 Å². The van der Waals surface area contributed by atoms with E-state index in [4.69, 9.17) is 27.9 Å². The molecule has 2 aromatic rings. The first kappa shape index (κ1) is 16.6. The molecule has 8 heteroatoms. The number of benzene rings is 1. The Kier molecular flexibility index (Phi) is 4.65. The summed E-state index contributed by atoms with van der Waals surface area (Å²) in [4.78, 5) is 26.5. The Morgan fingerprint density at radius 2 is 2.09 bits per heavy atom. The fourth-order valence-corrected chi connectivity index (χ4v) is 2.50. The molecule has 0 saturated carbocycles. The number of carbonyl (C=O) groups is 2. The number of methoxy groups -OCH3 is 1. The SMILES string of the molecule is COCC(C)(NC(=O)c1[nH]c2ccc(Cl)cc2c1Cl)C(=O)O. The van der Waals surface area contributed by atoms with E-state index in [9.17, 15) is 14.7 Å². The van der Waals surface area contributed by atoms with Gasteiger partial charge in [0.15, 0.2) is 5.54 Å². The number of halogens is 2. The highest BCUT2D eigenvalue weighted by Crippen LogP contribution is 2.29. The summed E-state index contributed by atoms with van der Waals surface area (Å²) in [7, 11) is 1.35. The highest BCUT2D eigenvalue weighted by molar-refractivity contribution is 6.39. The van der Waals surface area contributed by atoms with Crippen LogP contribution in [0, 0.1) is 0 Å². The molecule has 1 aromatic heterocycles. The summed E-state index contributed by atoms with van der Waals surface area (Å²) >= 11 is 12.1. The Labute approximate surface area is 136 Å². The van der Waals surface area contributed by atoms with E-state index >= 15 is 0 Å². The van der Waals surface area contributed by atoms with E-state index in [0.29, 0.717) is 15.9 Å². The number of fused-ring (bicyclic) bond motifs is 1. The van der Waals surface area contributed by atoms with Crippen molar-refractivity contribution < 1.29 is 19.4 Å². The fraction of sp³-hybridized carbons (Fsp3) is 0.286. The van der Waals surface area contributed by atoms with Crippen molar-refractivity contribution in [1.29, 1.82) is 0 Å². The maximum Gasteiger partial charge on any atom is 0.331 e. The highest BCUT2D eigenvalue weighted by atomic mass is 35.5. The Bertz CT molecular complexity index is 744. The number of H-pyrrole nitrogens is 1. The molecule has 118 valence electrons. The van der Waals surface area contributed by atoms with Crippen molar-refractivity contribution in [3.05, 3.63) is 33.9 Å². The van der Waals surface area contributed by atoms with Crippen LogP contribution in [0.2, 0.25) is 10.0 Å². The van der Waals surface area contributed by atoms with Gasteiger partial charge in [0.25, 0.3) is 5.91 Å². The number of carbonyl (C=O) groups excluding carboxylic acids is 1. The zero-order valence-corrected chi connectivity index (χ0v) is 13.4. The Morgan fingerprint density at radius 1 is 1.41 bits per heavy atom. The van der Waals surface area contributed by atoms with Gasteiger partial charge in [-0.15, -0.1) is 0 Å². The van der Waals surface area contributed by atoms with E-state index < -0.39 is 17.4 Å². The van der Waals surface area contributed by atoms with Crippen molar-refractivity contribution in [3.8, 4) is 0 Å². The maximum absolute atomic E-state index is 12.3. The minimum absolute atomic E-state index is 0.0718. The number of ether oxygens (including phenoxy) is 1. The number of nitrogens with one attached hydrogen (secondary N) is 2. The third-order valence-electron chi connectivity index (χ3n) is 3.22. The molecule has 0 fully saturated rings. The van der Waals surface area contributed by atoms with Crippen molar-refractivity contribution in [2.24, 2.45) is 0 Å². The molecular weight excluding hydrogens is 331 g/mol. The van der Waals surface area contributed by atoms with Gasteiger partial charge < -0.3 is 20.1 Å². The van der Waals surface area contributed by atoms with E-state index in [2.05, 4.69) is 10.3 Å². The normalized spacial score (nSPS) is 13.8. The number of carboxylic acid groups (broad SMARTS) is 1. The van der Waals surface area contributed by atoms with Gasteiger partial charge in [0.1, 0.15) is 5.69 Å². The van der Waals surface area contributed by atoms with Crippen LogP contribution in [0.15, 0.2) is 18.2 Å². The smallest absolute Gasteiger partial charge is 0.331 e.